The largest absolute Gasteiger partial charge is 0.482 e. The van der Waals surface area contributed by atoms with Crippen LogP contribution in [0.3, 0.4) is 0 Å². The van der Waals surface area contributed by atoms with Crippen LogP contribution in [-0.4, -0.2) is 52.4 Å². The molecule has 1 saturated heterocycles. The Kier molecular flexibility index (Phi) is 8.68. The molecular weight excluding hydrogens is 348 g/mol. The molecule has 0 aliphatic carbocycles. The highest BCUT2D eigenvalue weighted by molar-refractivity contribution is 5.95. The third-order valence-electron chi connectivity index (χ3n) is 4.16. The number of piperidine rings is 1. The first-order valence-electron chi connectivity index (χ1n) is 7.90. The molecule has 0 saturated carbocycles. The minimum atomic E-state index is -0.500. The van der Waals surface area contributed by atoms with Crippen molar-refractivity contribution in [3.05, 3.63) is 24.3 Å². The second-order valence-electron chi connectivity index (χ2n) is 5.81. The van der Waals surface area contributed by atoms with E-state index < -0.39 is 11.4 Å². The maximum absolute atomic E-state index is 12.7. The van der Waals surface area contributed by atoms with Crippen molar-refractivity contribution >= 4 is 30.0 Å². The number of ether oxygens (including phenoxy) is 3. The van der Waals surface area contributed by atoms with E-state index in [1.807, 2.05) is 0 Å². The average Bonchev–Trinajstić information content (AvgIpc) is 2.61. The summed E-state index contributed by atoms with van der Waals surface area (Å²) in [4.78, 5) is 23.8. The van der Waals surface area contributed by atoms with Crippen LogP contribution < -0.4 is 15.4 Å². The molecule has 0 atom stereocenters. The summed E-state index contributed by atoms with van der Waals surface area (Å²) in [7, 11) is 2.92. The van der Waals surface area contributed by atoms with Gasteiger partial charge in [-0.2, -0.15) is 0 Å². The number of halogens is 1. The number of nitrogens with one attached hydrogen (secondary N) is 2. The number of esters is 1. The summed E-state index contributed by atoms with van der Waals surface area (Å²) >= 11 is 0. The number of hydrogen-bond donors (Lipinski definition) is 2. The first-order valence-corrected chi connectivity index (χ1v) is 7.90. The van der Waals surface area contributed by atoms with Crippen molar-refractivity contribution in [1.29, 1.82) is 0 Å². The van der Waals surface area contributed by atoms with Crippen LogP contribution >= 0.6 is 12.4 Å². The van der Waals surface area contributed by atoms with Crippen LogP contribution in [-0.2, 0) is 19.1 Å². The van der Waals surface area contributed by atoms with Crippen molar-refractivity contribution in [1.82, 2.24) is 5.32 Å². The predicted molar refractivity (Wildman–Crippen MR) is 96.2 cm³/mol. The van der Waals surface area contributed by atoms with E-state index in [1.54, 1.807) is 31.4 Å². The Bertz CT molecular complexity index is 553. The fourth-order valence-electron chi connectivity index (χ4n) is 2.72. The number of methoxy groups -OCH3 is 2. The molecular formula is C17H25ClN2O5. The summed E-state index contributed by atoms with van der Waals surface area (Å²) in [6.45, 7) is 1.86. The van der Waals surface area contributed by atoms with E-state index in [4.69, 9.17) is 9.47 Å². The molecule has 140 valence electrons. The predicted octanol–water partition coefficient (Wildman–Crippen LogP) is 1.61. The van der Waals surface area contributed by atoms with Crippen LogP contribution in [0.2, 0.25) is 0 Å². The van der Waals surface area contributed by atoms with Gasteiger partial charge in [-0.3, -0.25) is 4.79 Å². The molecule has 1 aromatic rings. The zero-order valence-corrected chi connectivity index (χ0v) is 15.3. The second kappa shape index (κ2) is 10.2. The summed E-state index contributed by atoms with van der Waals surface area (Å²) < 4.78 is 15.1. The minimum absolute atomic E-state index is 0. The Morgan fingerprint density at radius 1 is 1.16 bits per heavy atom. The first kappa shape index (κ1) is 21.2. The molecule has 0 bridgehead atoms. The first-order chi connectivity index (χ1) is 11.6. The average molecular weight is 373 g/mol. The monoisotopic (exact) mass is 372 g/mol. The van der Waals surface area contributed by atoms with Crippen molar-refractivity contribution in [2.24, 2.45) is 5.41 Å². The number of rotatable bonds is 7. The molecule has 1 amide bonds. The molecule has 0 unspecified atom stereocenters. The van der Waals surface area contributed by atoms with Crippen molar-refractivity contribution < 1.29 is 23.8 Å². The molecule has 1 fully saturated rings. The fraction of sp³-hybridized carbons (Fsp3) is 0.529. The summed E-state index contributed by atoms with van der Waals surface area (Å²) in [6, 6.07) is 6.88. The number of benzene rings is 1. The zero-order chi connectivity index (χ0) is 17.4. The number of anilines is 1. The van der Waals surface area contributed by atoms with Crippen LogP contribution in [0.1, 0.15) is 12.8 Å². The van der Waals surface area contributed by atoms with Crippen molar-refractivity contribution in [2.75, 3.05) is 45.8 Å². The van der Waals surface area contributed by atoms with Crippen LogP contribution in [0.5, 0.6) is 5.75 Å². The van der Waals surface area contributed by atoms with Crippen LogP contribution in [0.4, 0.5) is 5.69 Å². The van der Waals surface area contributed by atoms with Gasteiger partial charge in [-0.25, -0.2) is 4.79 Å². The molecule has 7 nitrogen and oxygen atoms in total. The van der Waals surface area contributed by atoms with E-state index in [1.165, 1.54) is 7.11 Å². The van der Waals surface area contributed by atoms with Gasteiger partial charge in [-0.05, 0) is 50.2 Å². The lowest BCUT2D eigenvalue weighted by molar-refractivity contribution is -0.142. The third kappa shape index (κ3) is 5.88. The molecule has 0 radical (unpaired) electrons. The van der Waals surface area contributed by atoms with Gasteiger partial charge in [0.05, 0.1) is 19.1 Å². The fourth-order valence-corrected chi connectivity index (χ4v) is 2.72. The highest BCUT2D eigenvalue weighted by Gasteiger charge is 2.39. The Hall–Kier alpha value is -1.83. The topological polar surface area (TPSA) is 85.9 Å². The standard InChI is InChI=1S/C17H24N2O5.ClH/c1-22-12-17(7-9-18-10-8-17)16(21)19-13-3-5-14(6-4-13)24-11-15(20)23-2;/h3-6,18H,7-12H2,1-2H3,(H,19,21);1H. The zero-order valence-electron chi connectivity index (χ0n) is 14.5. The minimum Gasteiger partial charge on any atom is -0.482 e. The second-order valence-corrected chi connectivity index (χ2v) is 5.81. The number of carbonyl (C=O) groups is 2. The normalized spacial score (nSPS) is 15.6. The molecule has 1 aliphatic rings. The third-order valence-corrected chi connectivity index (χ3v) is 4.16. The van der Waals surface area contributed by atoms with Crippen molar-refractivity contribution in [2.45, 2.75) is 12.8 Å². The van der Waals surface area contributed by atoms with Gasteiger partial charge >= 0.3 is 5.97 Å². The molecule has 1 aromatic carbocycles. The molecule has 1 heterocycles. The summed E-state index contributed by atoms with van der Waals surface area (Å²) in [5, 5.41) is 6.21. The van der Waals surface area contributed by atoms with Gasteiger partial charge in [0.2, 0.25) is 5.91 Å². The van der Waals surface area contributed by atoms with Gasteiger partial charge in [0.1, 0.15) is 5.75 Å². The highest BCUT2D eigenvalue weighted by Crippen LogP contribution is 2.31. The quantitative estimate of drug-likeness (QED) is 0.707. The Labute approximate surface area is 153 Å². The number of amides is 1. The van der Waals surface area contributed by atoms with Gasteiger partial charge < -0.3 is 24.8 Å². The van der Waals surface area contributed by atoms with Gasteiger partial charge in [0.15, 0.2) is 6.61 Å². The summed E-state index contributed by atoms with van der Waals surface area (Å²) in [6.07, 6.45) is 1.49. The number of hydrogen-bond acceptors (Lipinski definition) is 6. The highest BCUT2D eigenvalue weighted by atomic mass is 35.5. The Morgan fingerprint density at radius 2 is 1.80 bits per heavy atom. The van der Waals surface area contributed by atoms with E-state index in [2.05, 4.69) is 15.4 Å². The molecule has 2 N–H and O–H groups in total. The number of carbonyl (C=O) groups excluding carboxylic acids is 2. The Morgan fingerprint density at radius 3 is 2.36 bits per heavy atom. The van der Waals surface area contributed by atoms with Gasteiger partial charge in [0.25, 0.3) is 0 Å². The van der Waals surface area contributed by atoms with Crippen LogP contribution in [0.25, 0.3) is 0 Å². The van der Waals surface area contributed by atoms with Crippen molar-refractivity contribution in [3.8, 4) is 5.75 Å². The molecule has 2 rings (SSSR count). The molecule has 25 heavy (non-hydrogen) atoms. The lowest BCUT2D eigenvalue weighted by atomic mass is 9.78. The van der Waals surface area contributed by atoms with E-state index in [9.17, 15) is 9.59 Å². The SMILES string of the molecule is COCC1(C(=O)Nc2ccc(OCC(=O)OC)cc2)CCNCC1.Cl. The maximum atomic E-state index is 12.7. The Balaban J connectivity index is 0.00000312. The van der Waals surface area contributed by atoms with E-state index in [-0.39, 0.29) is 24.9 Å². The van der Waals surface area contributed by atoms with E-state index >= 15 is 0 Å². The molecule has 1 aliphatic heterocycles. The molecule has 0 spiro atoms. The van der Waals surface area contributed by atoms with Gasteiger partial charge in [-0.1, -0.05) is 0 Å². The van der Waals surface area contributed by atoms with Gasteiger partial charge in [0, 0.05) is 12.8 Å². The van der Waals surface area contributed by atoms with Crippen LogP contribution in [0, 0.1) is 5.41 Å². The summed E-state index contributed by atoms with van der Waals surface area (Å²) in [5.41, 5.74) is 0.180. The maximum Gasteiger partial charge on any atom is 0.343 e. The van der Waals surface area contributed by atoms with E-state index in [0.717, 1.165) is 25.9 Å². The molecule has 8 heteroatoms. The summed E-state index contributed by atoms with van der Waals surface area (Å²) in [5.74, 6) is 0.0562. The van der Waals surface area contributed by atoms with Crippen LogP contribution in [0.15, 0.2) is 24.3 Å². The molecule has 0 aromatic heterocycles. The smallest absolute Gasteiger partial charge is 0.343 e. The lowest BCUT2D eigenvalue weighted by Crippen LogP contribution is -2.47. The van der Waals surface area contributed by atoms with Crippen molar-refractivity contribution in [3.63, 3.8) is 0 Å². The van der Waals surface area contributed by atoms with E-state index in [0.29, 0.717) is 18.0 Å². The van der Waals surface area contributed by atoms with Gasteiger partial charge in [-0.15, -0.1) is 12.4 Å². The lowest BCUT2D eigenvalue weighted by Gasteiger charge is -2.35.